The summed E-state index contributed by atoms with van der Waals surface area (Å²) in [5.41, 5.74) is 0.422. The van der Waals surface area contributed by atoms with Gasteiger partial charge in [0.2, 0.25) is 0 Å². The first-order chi connectivity index (χ1) is 19.4. The van der Waals surface area contributed by atoms with E-state index in [-0.39, 0.29) is 68.0 Å². The van der Waals surface area contributed by atoms with Crippen molar-refractivity contribution in [3.63, 3.8) is 0 Å². The molecule has 1 heterocycles. The highest BCUT2D eigenvalue weighted by atomic mass is 16.5. The molecule has 0 aliphatic rings. The van der Waals surface area contributed by atoms with Crippen LogP contribution < -0.4 is 31.2 Å². The molecule has 196 valence electrons. The highest BCUT2D eigenvalue weighted by Gasteiger charge is 2.22. The number of hydrogen-bond acceptors (Lipinski definition) is 6. The largest absolute Gasteiger partial charge is 0.493 e. The summed E-state index contributed by atoms with van der Waals surface area (Å²) in [6.45, 7) is 4.14. The molecular formula is C32H22N2O6. The number of rotatable bonds is 4. The van der Waals surface area contributed by atoms with E-state index in [1.807, 2.05) is 0 Å². The first-order valence-electron chi connectivity index (χ1n) is 13.0. The number of aromatic nitrogens is 2. The normalized spacial score (nSPS) is 11.8. The van der Waals surface area contributed by atoms with Gasteiger partial charge in [-0.1, -0.05) is 48.5 Å². The number of nitrogens with one attached hydrogen (secondary N) is 2. The number of aromatic amines is 2. The van der Waals surface area contributed by atoms with Gasteiger partial charge in [-0.3, -0.25) is 19.2 Å². The summed E-state index contributed by atoms with van der Waals surface area (Å²) in [5, 5.41) is 2.00. The van der Waals surface area contributed by atoms with Gasteiger partial charge in [0.25, 0.3) is 0 Å². The molecule has 0 aliphatic carbocycles. The predicted octanol–water partition coefficient (Wildman–Crippen LogP) is 4.94. The molecule has 0 saturated carbocycles. The van der Waals surface area contributed by atoms with Crippen LogP contribution in [0.2, 0.25) is 0 Å². The Morgan fingerprint density at radius 2 is 0.850 bits per heavy atom. The van der Waals surface area contributed by atoms with Gasteiger partial charge in [0, 0.05) is 33.7 Å². The molecule has 8 heteroatoms. The molecule has 2 N–H and O–H groups in total. The van der Waals surface area contributed by atoms with Gasteiger partial charge in [-0.25, -0.2) is 0 Å². The van der Waals surface area contributed by atoms with Crippen molar-refractivity contribution >= 4 is 65.2 Å². The van der Waals surface area contributed by atoms with Crippen LogP contribution in [0.3, 0.4) is 0 Å². The first kappa shape index (κ1) is 23.8. The Morgan fingerprint density at radius 1 is 0.525 bits per heavy atom. The maximum Gasteiger partial charge on any atom is 0.198 e. The number of benzene rings is 6. The third-order valence-electron chi connectivity index (χ3n) is 7.44. The van der Waals surface area contributed by atoms with Crippen LogP contribution >= 0.6 is 0 Å². The molecule has 6 aromatic carbocycles. The highest BCUT2D eigenvalue weighted by molar-refractivity contribution is 6.17. The Bertz CT molecular complexity index is 2270. The average Bonchev–Trinajstić information content (AvgIpc) is 2.97. The fourth-order valence-corrected chi connectivity index (χ4v) is 5.78. The summed E-state index contributed by atoms with van der Waals surface area (Å²) in [6, 6.07) is 16.7. The number of hydrogen-bond donors (Lipinski definition) is 2. The van der Waals surface area contributed by atoms with Gasteiger partial charge in [-0.05, 0) is 13.8 Å². The molecular weight excluding hydrogens is 508 g/mol. The third-order valence-corrected chi connectivity index (χ3v) is 7.44. The van der Waals surface area contributed by atoms with Crippen molar-refractivity contribution in [1.29, 1.82) is 0 Å². The van der Waals surface area contributed by atoms with Gasteiger partial charge in [-0.15, -0.1) is 0 Å². The Hall–Kier alpha value is -5.24. The SMILES string of the molecule is CCOc1cc2[nH]c3c(cc(OCC)c4c(=O)c5ccccc5c(=O)c43)[nH]c2c2c(=O)c3ccccc3c(=O)c12. The van der Waals surface area contributed by atoms with Crippen molar-refractivity contribution in [2.24, 2.45) is 0 Å². The molecule has 0 fully saturated rings. The minimum absolute atomic E-state index is 0.185. The van der Waals surface area contributed by atoms with Crippen molar-refractivity contribution in [3.05, 3.63) is 102 Å². The Labute approximate surface area is 224 Å². The summed E-state index contributed by atoms with van der Waals surface area (Å²) in [6.07, 6.45) is 0. The van der Waals surface area contributed by atoms with E-state index in [0.29, 0.717) is 43.6 Å². The number of ether oxygens (including phenoxy) is 2. The molecule has 7 aromatic rings. The van der Waals surface area contributed by atoms with Crippen LogP contribution in [0.5, 0.6) is 11.5 Å². The minimum Gasteiger partial charge on any atom is -0.493 e. The zero-order chi connectivity index (χ0) is 27.7. The van der Waals surface area contributed by atoms with Crippen molar-refractivity contribution in [2.45, 2.75) is 13.8 Å². The molecule has 8 nitrogen and oxygen atoms in total. The summed E-state index contributed by atoms with van der Waals surface area (Å²) in [5.74, 6) is 0.517. The van der Waals surface area contributed by atoms with Gasteiger partial charge in [0.15, 0.2) is 21.7 Å². The van der Waals surface area contributed by atoms with E-state index >= 15 is 0 Å². The Balaban J connectivity index is 1.76. The Morgan fingerprint density at radius 3 is 1.18 bits per heavy atom. The summed E-state index contributed by atoms with van der Waals surface area (Å²) >= 11 is 0. The van der Waals surface area contributed by atoms with Crippen LogP contribution in [-0.2, 0) is 0 Å². The fourth-order valence-electron chi connectivity index (χ4n) is 5.78. The topological polar surface area (TPSA) is 118 Å². The molecule has 0 amide bonds. The molecule has 0 unspecified atom stereocenters. The Kier molecular flexibility index (Phi) is 5.15. The second-order valence-electron chi connectivity index (χ2n) is 9.62. The molecule has 0 atom stereocenters. The zero-order valence-corrected chi connectivity index (χ0v) is 21.6. The van der Waals surface area contributed by atoms with E-state index in [1.165, 1.54) is 0 Å². The lowest BCUT2D eigenvalue weighted by molar-refractivity contribution is 0.344. The van der Waals surface area contributed by atoms with E-state index in [1.54, 1.807) is 74.5 Å². The van der Waals surface area contributed by atoms with Crippen LogP contribution in [0.4, 0.5) is 0 Å². The monoisotopic (exact) mass is 530 g/mol. The third kappa shape index (κ3) is 3.13. The summed E-state index contributed by atoms with van der Waals surface area (Å²) in [7, 11) is 0. The number of H-pyrrole nitrogens is 2. The smallest absolute Gasteiger partial charge is 0.198 e. The van der Waals surface area contributed by atoms with Crippen molar-refractivity contribution in [2.75, 3.05) is 13.2 Å². The first-order valence-corrected chi connectivity index (χ1v) is 13.0. The van der Waals surface area contributed by atoms with Gasteiger partial charge in [-0.2, -0.15) is 0 Å². The second-order valence-corrected chi connectivity index (χ2v) is 9.62. The van der Waals surface area contributed by atoms with Gasteiger partial charge < -0.3 is 19.4 Å². The van der Waals surface area contributed by atoms with Gasteiger partial charge >= 0.3 is 0 Å². The molecule has 7 rings (SSSR count). The van der Waals surface area contributed by atoms with Crippen LogP contribution in [0.25, 0.3) is 65.2 Å². The van der Waals surface area contributed by atoms with Gasteiger partial charge in [0.05, 0.1) is 56.8 Å². The lowest BCUT2D eigenvalue weighted by atomic mass is 9.98. The molecule has 0 spiro atoms. The van der Waals surface area contributed by atoms with E-state index in [4.69, 9.17) is 9.47 Å². The number of fused-ring (bicyclic) bond motifs is 8. The maximum atomic E-state index is 13.8. The maximum absolute atomic E-state index is 13.8. The molecule has 1 aromatic heterocycles. The molecule has 40 heavy (non-hydrogen) atoms. The van der Waals surface area contributed by atoms with Crippen LogP contribution in [-0.4, -0.2) is 23.2 Å². The summed E-state index contributed by atoms with van der Waals surface area (Å²) < 4.78 is 11.7. The van der Waals surface area contributed by atoms with Crippen LogP contribution in [0.15, 0.2) is 79.8 Å². The van der Waals surface area contributed by atoms with E-state index in [2.05, 4.69) is 9.97 Å². The van der Waals surface area contributed by atoms with Crippen molar-refractivity contribution in [3.8, 4) is 11.5 Å². The van der Waals surface area contributed by atoms with Gasteiger partial charge in [0.1, 0.15) is 11.5 Å². The molecule has 0 bridgehead atoms. The van der Waals surface area contributed by atoms with E-state index in [9.17, 15) is 19.2 Å². The van der Waals surface area contributed by atoms with Crippen molar-refractivity contribution < 1.29 is 9.47 Å². The zero-order valence-electron chi connectivity index (χ0n) is 21.6. The second kappa shape index (κ2) is 8.64. The quantitative estimate of drug-likeness (QED) is 0.246. The van der Waals surface area contributed by atoms with Crippen molar-refractivity contribution in [1.82, 2.24) is 9.97 Å². The minimum atomic E-state index is -0.316. The van der Waals surface area contributed by atoms with E-state index < -0.39 is 0 Å². The van der Waals surface area contributed by atoms with Crippen LogP contribution in [0, 0.1) is 0 Å². The standard InChI is InChI=1S/C32H22N2O6/c1-3-39-21-13-19-27(25-23(21)29(35)15-9-5-7-11-17(15)31(25)37)34-20-14-22(40-4-2)24-26(28(20)33-19)32(38)18-12-8-6-10-16(18)30(24)36/h5-14,33-34H,3-4H2,1-2H3. The lowest BCUT2D eigenvalue weighted by Gasteiger charge is -2.15. The summed E-state index contributed by atoms with van der Waals surface area (Å²) in [4.78, 5) is 61.5. The average molecular weight is 531 g/mol. The van der Waals surface area contributed by atoms with E-state index in [0.717, 1.165) is 0 Å². The molecule has 0 radical (unpaired) electrons. The van der Waals surface area contributed by atoms with Crippen LogP contribution in [0.1, 0.15) is 13.8 Å². The molecule has 0 saturated heterocycles. The highest BCUT2D eigenvalue weighted by Crippen LogP contribution is 2.34. The fraction of sp³-hybridized carbons (Fsp3) is 0.125. The molecule has 0 aliphatic heterocycles. The predicted molar refractivity (Wildman–Crippen MR) is 159 cm³/mol. The lowest BCUT2D eigenvalue weighted by Crippen LogP contribution is -2.16.